The highest BCUT2D eigenvalue weighted by Crippen LogP contribution is 2.34. The molecule has 3 aromatic rings. The Kier molecular flexibility index (Phi) is 6.42. The summed E-state index contributed by atoms with van der Waals surface area (Å²) < 4.78 is 9.04. The first kappa shape index (κ1) is 22.3. The van der Waals surface area contributed by atoms with Gasteiger partial charge in [-0.25, -0.2) is 4.98 Å². The SMILES string of the molecule is COCC(C)n1c(C)cc(C(=O)CSc2nc3sc4c(c3c(=O)n2C)CCCC4)c1C. The van der Waals surface area contributed by atoms with Crippen LogP contribution in [-0.2, 0) is 24.6 Å². The number of ether oxygens (including phenoxy) is 1. The highest BCUT2D eigenvalue weighted by Gasteiger charge is 2.23. The van der Waals surface area contributed by atoms with Gasteiger partial charge in [-0.2, -0.15) is 0 Å². The van der Waals surface area contributed by atoms with Crippen molar-refractivity contribution in [3.05, 3.63) is 43.8 Å². The third-order valence-electron chi connectivity index (χ3n) is 6.12. The van der Waals surface area contributed by atoms with E-state index in [0.717, 1.165) is 46.4 Å². The molecule has 1 aliphatic rings. The lowest BCUT2D eigenvalue weighted by atomic mass is 9.97. The summed E-state index contributed by atoms with van der Waals surface area (Å²) in [6.07, 6.45) is 4.32. The molecule has 0 N–H and O–H groups in total. The van der Waals surface area contributed by atoms with Crippen LogP contribution in [0.25, 0.3) is 10.2 Å². The van der Waals surface area contributed by atoms with Gasteiger partial charge in [0, 0.05) is 36.0 Å². The Morgan fingerprint density at radius 3 is 2.81 bits per heavy atom. The Balaban J connectivity index is 1.58. The number of carbonyl (C=O) groups excluding carboxylic acids is 1. The lowest BCUT2D eigenvalue weighted by Crippen LogP contribution is -2.21. The Morgan fingerprint density at radius 1 is 1.32 bits per heavy atom. The highest BCUT2D eigenvalue weighted by molar-refractivity contribution is 7.99. The molecule has 0 aliphatic heterocycles. The fraction of sp³-hybridized carbons (Fsp3) is 0.522. The molecule has 6 nitrogen and oxygen atoms in total. The molecule has 1 aliphatic carbocycles. The third-order valence-corrected chi connectivity index (χ3v) is 8.34. The number of nitrogens with zero attached hydrogens (tertiary/aromatic N) is 3. The summed E-state index contributed by atoms with van der Waals surface area (Å²) in [4.78, 5) is 33.0. The van der Waals surface area contributed by atoms with E-state index in [1.165, 1.54) is 28.6 Å². The van der Waals surface area contributed by atoms with Gasteiger partial charge in [-0.3, -0.25) is 14.2 Å². The van der Waals surface area contributed by atoms with E-state index in [0.29, 0.717) is 11.8 Å². The van der Waals surface area contributed by atoms with Crippen molar-refractivity contribution in [1.29, 1.82) is 0 Å². The molecule has 0 spiro atoms. The summed E-state index contributed by atoms with van der Waals surface area (Å²) in [5.74, 6) is 0.300. The van der Waals surface area contributed by atoms with Crippen molar-refractivity contribution in [1.82, 2.24) is 14.1 Å². The average molecular weight is 460 g/mol. The van der Waals surface area contributed by atoms with Crippen LogP contribution in [0.4, 0.5) is 0 Å². The molecule has 31 heavy (non-hydrogen) atoms. The fourth-order valence-corrected chi connectivity index (χ4v) is 6.82. The first-order chi connectivity index (χ1) is 14.8. The second kappa shape index (κ2) is 8.92. The molecule has 4 rings (SSSR count). The van der Waals surface area contributed by atoms with E-state index in [4.69, 9.17) is 9.72 Å². The van der Waals surface area contributed by atoms with E-state index in [1.807, 2.05) is 19.9 Å². The van der Waals surface area contributed by atoms with E-state index < -0.39 is 0 Å². The standard InChI is InChI=1S/C23H29N3O3S2/c1-13-10-17(15(3)26(13)14(2)11-29-5)18(27)12-30-23-24-21-20(22(28)25(23)4)16-8-6-7-9-19(16)31-21/h10,14H,6-9,11-12H2,1-5H3. The van der Waals surface area contributed by atoms with Crippen LogP contribution in [0.5, 0.6) is 0 Å². The van der Waals surface area contributed by atoms with Crippen LogP contribution in [0.15, 0.2) is 16.0 Å². The summed E-state index contributed by atoms with van der Waals surface area (Å²) >= 11 is 2.99. The average Bonchev–Trinajstić information content (AvgIpc) is 3.26. The smallest absolute Gasteiger partial charge is 0.262 e. The lowest BCUT2D eigenvalue weighted by molar-refractivity contribution is 0.102. The molecule has 0 fully saturated rings. The number of Topliss-reactive ketones (excluding diaryl/α,β-unsaturated/α-hetero) is 1. The summed E-state index contributed by atoms with van der Waals surface area (Å²) in [5.41, 5.74) is 3.93. The first-order valence-corrected chi connectivity index (χ1v) is 12.5. The molecule has 3 aromatic heterocycles. The maximum Gasteiger partial charge on any atom is 0.262 e. The van der Waals surface area contributed by atoms with Crippen molar-refractivity contribution >= 4 is 39.1 Å². The molecular formula is C23H29N3O3S2. The molecule has 0 saturated carbocycles. The Hall–Kier alpha value is -1.90. The van der Waals surface area contributed by atoms with Crippen LogP contribution >= 0.6 is 23.1 Å². The maximum atomic E-state index is 13.1. The van der Waals surface area contributed by atoms with Crippen LogP contribution < -0.4 is 5.56 Å². The number of rotatable bonds is 7. The molecule has 1 unspecified atom stereocenters. The Labute approximate surface area is 190 Å². The first-order valence-electron chi connectivity index (χ1n) is 10.7. The number of thioether (sulfide) groups is 1. The van der Waals surface area contributed by atoms with E-state index in [2.05, 4.69) is 11.5 Å². The van der Waals surface area contributed by atoms with Crippen molar-refractivity contribution in [3.8, 4) is 0 Å². The van der Waals surface area contributed by atoms with Gasteiger partial charge in [-0.05, 0) is 58.1 Å². The summed E-state index contributed by atoms with van der Waals surface area (Å²) in [6, 6.07) is 2.11. The van der Waals surface area contributed by atoms with Gasteiger partial charge in [0.2, 0.25) is 0 Å². The molecule has 0 bridgehead atoms. The quantitative estimate of drug-likeness (QED) is 0.296. The minimum Gasteiger partial charge on any atom is -0.383 e. The molecule has 0 saturated heterocycles. The molecule has 0 aromatic carbocycles. The van der Waals surface area contributed by atoms with Crippen molar-refractivity contribution in [2.75, 3.05) is 19.5 Å². The maximum absolute atomic E-state index is 13.1. The fourth-order valence-electron chi connectivity index (χ4n) is 4.66. The van der Waals surface area contributed by atoms with E-state index in [9.17, 15) is 9.59 Å². The summed E-state index contributed by atoms with van der Waals surface area (Å²) in [7, 11) is 3.44. The predicted molar refractivity (Wildman–Crippen MR) is 127 cm³/mol. The predicted octanol–water partition coefficient (Wildman–Crippen LogP) is 4.47. The van der Waals surface area contributed by atoms with Crippen LogP contribution in [0.2, 0.25) is 0 Å². The van der Waals surface area contributed by atoms with Crippen molar-refractivity contribution < 1.29 is 9.53 Å². The molecule has 0 radical (unpaired) electrons. The number of thiophene rings is 1. The van der Waals surface area contributed by atoms with Gasteiger partial charge in [0.15, 0.2) is 10.9 Å². The minimum absolute atomic E-state index is 0.00548. The number of methoxy groups -OCH3 is 1. The Bertz CT molecular complexity index is 1210. The van der Waals surface area contributed by atoms with Gasteiger partial charge < -0.3 is 9.30 Å². The van der Waals surface area contributed by atoms with Gasteiger partial charge >= 0.3 is 0 Å². The van der Waals surface area contributed by atoms with Gasteiger partial charge in [-0.1, -0.05) is 11.8 Å². The van der Waals surface area contributed by atoms with Gasteiger partial charge in [0.25, 0.3) is 5.56 Å². The molecule has 166 valence electrons. The second-order valence-corrected chi connectivity index (χ2v) is 10.3. The van der Waals surface area contributed by atoms with E-state index >= 15 is 0 Å². The topological polar surface area (TPSA) is 66.1 Å². The zero-order valence-electron chi connectivity index (χ0n) is 18.8. The lowest BCUT2D eigenvalue weighted by Gasteiger charge is -2.17. The van der Waals surface area contributed by atoms with E-state index in [-0.39, 0.29) is 23.1 Å². The number of aromatic nitrogens is 3. The Morgan fingerprint density at radius 2 is 2.06 bits per heavy atom. The third kappa shape index (κ3) is 4.01. The van der Waals surface area contributed by atoms with Crippen LogP contribution in [-0.4, -0.2) is 39.4 Å². The molecule has 0 amide bonds. The van der Waals surface area contributed by atoms with Gasteiger partial charge in [-0.15, -0.1) is 11.3 Å². The molecule has 3 heterocycles. The van der Waals surface area contributed by atoms with Crippen LogP contribution in [0, 0.1) is 13.8 Å². The molecular weight excluding hydrogens is 430 g/mol. The number of hydrogen-bond donors (Lipinski definition) is 0. The largest absolute Gasteiger partial charge is 0.383 e. The molecule has 1 atom stereocenters. The summed E-state index contributed by atoms with van der Waals surface area (Å²) in [5, 5.41) is 1.39. The second-order valence-electron chi connectivity index (χ2n) is 8.32. The number of hydrogen-bond acceptors (Lipinski definition) is 6. The van der Waals surface area contributed by atoms with Crippen molar-refractivity contribution in [2.24, 2.45) is 7.05 Å². The summed E-state index contributed by atoms with van der Waals surface area (Å²) in [6.45, 7) is 6.67. The monoisotopic (exact) mass is 459 g/mol. The van der Waals surface area contributed by atoms with Crippen LogP contribution in [0.3, 0.4) is 0 Å². The number of aryl methyl sites for hydroxylation is 3. The molecule has 8 heteroatoms. The van der Waals surface area contributed by atoms with Crippen molar-refractivity contribution in [2.45, 2.75) is 57.7 Å². The number of carbonyl (C=O) groups is 1. The highest BCUT2D eigenvalue weighted by atomic mass is 32.2. The van der Waals surface area contributed by atoms with Crippen molar-refractivity contribution in [3.63, 3.8) is 0 Å². The number of ketones is 1. The van der Waals surface area contributed by atoms with E-state index in [1.54, 1.807) is 30.1 Å². The zero-order valence-corrected chi connectivity index (χ0v) is 20.4. The minimum atomic E-state index is 0.00548. The van der Waals surface area contributed by atoms with Crippen LogP contribution in [0.1, 0.15) is 58.0 Å². The van der Waals surface area contributed by atoms with Gasteiger partial charge in [0.1, 0.15) is 4.83 Å². The number of fused-ring (bicyclic) bond motifs is 3. The zero-order chi connectivity index (χ0) is 22.3. The van der Waals surface area contributed by atoms with Gasteiger partial charge in [0.05, 0.1) is 23.8 Å². The normalized spacial score (nSPS) is 14.7.